The van der Waals surface area contributed by atoms with E-state index in [0.29, 0.717) is 0 Å². The standard InChI is InChI=1S/C11H12ClF2NO/c1-6(12)11(16)15-7(2)9-4-3-8(13)5-10(9)14/h3-7H,1-2H3,(H,15,16)/t6-,7-/m0/s1. The summed E-state index contributed by atoms with van der Waals surface area (Å²) in [5, 5.41) is 1.83. The molecule has 16 heavy (non-hydrogen) atoms. The maximum absolute atomic E-state index is 13.3. The van der Waals surface area contributed by atoms with Gasteiger partial charge in [-0.2, -0.15) is 0 Å². The third-order valence-corrected chi connectivity index (χ3v) is 2.35. The SMILES string of the molecule is C[C@H](Cl)C(=O)N[C@@H](C)c1ccc(F)cc1F. The predicted molar refractivity (Wildman–Crippen MR) is 58.2 cm³/mol. The summed E-state index contributed by atoms with van der Waals surface area (Å²) in [5.41, 5.74) is 0.229. The minimum atomic E-state index is -0.689. The number of nitrogens with one attached hydrogen (secondary N) is 1. The van der Waals surface area contributed by atoms with Gasteiger partial charge in [-0.25, -0.2) is 8.78 Å². The van der Waals surface area contributed by atoms with Gasteiger partial charge in [-0.1, -0.05) is 6.07 Å². The summed E-state index contributed by atoms with van der Waals surface area (Å²) in [4.78, 5) is 11.3. The van der Waals surface area contributed by atoms with Crippen molar-refractivity contribution in [3.63, 3.8) is 0 Å². The van der Waals surface area contributed by atoms with Crippen molar-refractivity contribution in [2.45, 2.75) is 25.3 Å². The second-order valence-corrected chi connectivity index (χ2v) is 4.17. The number of carbonyl (C=O) groups excluding carboxylic acids is 1. The number of hydrogen-bond acceptors (Lipinski definition) is 1. The van der Waals surface area contributed by atoms with Crippen molar-refractivity contribution < 1.29 is 13.6 Å². The maximum atomic E-state index is 13.3. The summed E-state index contributed by atoms with van der Waals surface area (Å²) in [7, 11) is 0. The third-order valence-electron chi connectivity index (χ3n) is 2.15. The van der Waals surface area contributed by atoms with Crippen molar-refractivity contribution in [2.75, 3.05) is 0 Å². The highest BCUT2D eigenvalue weighted by Gasteiger charge is 2.16. The van der Waals surface area contributed by atoms with E-state index in [1.54, 1.807) is 6.92 Å². The molecule has 0 spiro atoms. The Balaban J connectivity index is 2.80. The molecule has 1 rings (SSSR count). The Labute approximate surface area is 97.6 Å². The van der Waals surface area contributed by atoms with Crippen LogP contribution in [0.3, 0.4) is 0 Å². The molecule has 0 heterocycles. The summed E-state index contributed by atoms with van der Waals surface area (Å²) >= 11 is 5.56. The molecule has 0 saturated carbocycles. The monoisotopic (exact) mass is 247 g/mol. The van der Waals surface area contributed by atoms with Crippen LogP contribution in [-0.4, -0.2) is 11.3 Å². The second-order valence-electron chi connectivity index (χ2n) is 3.51. The van der Waals surface area contributed by atoms with Gasteiger partial charge in [-0.3, -0.25) is 4.79 Å². The molecule has 0 aliphatic heterocycles. The molecule has 1 amide bonds. The largest absolute Gasteiger partial charge is 0.348 e. The summed E-state index contributed by atoms with van der Waals surface area (Å²) in [6.45, 7) is 3.12. The minimum absolute atomic E-state index is 0.229. The first-order valence-corrected chi connectivity index (χ1v) is 5.25. The number of carbonyl (C=O) groups is 1. The molecule has 0 radical (unpaired) electrons. The van der Waals surface area contributed by atoms with Gasteiger partial charge in [0, 0.05) is 11.6 Å². The lowest BCUT2D eigenvalue weighted by atomic mass is 10.1. The van der Waals surface area contributed by atoms with Crippen molar-refractivity contribution >= 4 is 17.5 Å². The molecule has 2 atom stereocenters. The molecule has 0 saturated heterocycles. The Bertz CT molecular complexity index is 396. The highest BCUT2D eigenvalue weighted by Crippen LogP contribution is 2.17. The van der Waals surface area contributed by atoms with Crippen LogP contribution in [0.4, 0.5) is 8.78 Å². The molecule has 1 aromatic rings. The Morgan fingerprint density at radius 1 is 1.38 bits per heavy atom. The average Bonchev–Trinajstić information content (AvgIpc) is 2.16. The van der Waals surface area contributed by atoms with Crippen molar-refractivity contribution in [1.29, 1.82) is 0 Å². The van der Waals surface area contributed by atoms with Crippen LogP contribution in [0.25, 0.3) is 0 Å². The van der Waals surface area contributed by atoms with Crippen LogP contribution in [0.1, 0.15) is 25.5 Å². The molecule has 1 aromatic carbocycles. The summed E-state index contributed by atoms with van der Waals surface area (Å²) in [5.74, 6) is -1.72. The van der Waals surface area contributed by atoms with Crippen molar-refractivity contribution in [1.82, 2.24) is 5.32 Å². The molecule has 2 nitrogen and oxygen atoms in total. The van der Waals surface area contributed by atoms with Gasteiger partial charge in [-0.05, 0) is 19.9 Å². The normalized spacial score (nSPS) is 14.3. The fraction of sp³-hybridized carbons (Fsp3) is 0.364. The number of halogens is 3. The lowest BCUT2D eigenvalue weighted by Gasteiger charge is -2.15. The van der Waals surface area contributed by atoms with Crippen LogP contribution in [0, 0.1) is 11.6 Å². The first-order chi connectivity index (χ1) is 7.41. The number of benzene rings is 1. The maximum Gasteiger partial charge on any atom is 0.238 e. The number of hydrogen-bond donors (Lipinski definition) is 1. The second kappa shape index (κ2) is 5.25. The van der Waals surface area contributed by atoms with E-state index in [1.807, 2.05) is 0 Å². The summed E-state index contributed by atoms with van der Waals surface area (Å²) in [6.07, 6.45) is 0. The molecule has 1 N–H and O–H groups in total. The van der Waals surface area contributed by atoms with Gasteiger partial charge in [0.2, 0.25) is 5.91 Å². The van der Waals surface area contributed by atoms with Gasteiger partial charge < -0.3 is 5.32 Å². The molecule has 5 heteroatoms. The van der Waals surface area contributed by atoms with E-state index in [4.69, 9.17) is 11.6 Å². The van der Waals surface area contributed by atoms with Crippen molar-refractivity contribution in [3.05, 3.63) is 35.4 Å². The van der Waals surface area contributed by atoms with Crippen molar-refractivity contribution in [3.8, 4) is 0 Å². The molecular formula is C11H12ClF2NO. The Kier molecular flexibility index (Phi) is 4.24. The number of rotatable bonds is 3. The van der Waals surface area contributed by atoms with Gasteiger partial charge in [0.15, 0.2) is 0 Å². The van der Waals surface area contributed by atoms with Crippen LogP contribution in [0.2, 0.25) is 0 Å². The Hall–Kier alpha value is -1.16. The lowest BCUT2D eigenvalue weighted by molar-refractivity contribution is -0.121. The van der Waals surface area contributed by atoms with Gasteiger partial charge in [-0.15, -0.1) is 11.6 Å². The van der Waals surface area contributed by atoms with Crippen LogP contribution in [0.15, 0.2) is 18.2 Å². The third kappa shape index (κ3) is 3.17. The Morgan fingerprint density at radius 3 is 2.50 bits per heavy atom. The van der Waals surface area contributed by atoms with Gasteiger partial charge in [0.1, 0.15) is 17.0 Å². The molecule has 0 aromatic heterocycles. The molecule has 0 bridgehead atoms. The highest BCUT2D eigenvalue weighted by molar-refractivity contribution is 6.30. The zero-order chi connectivity index (χ0) is 12.3. The fourth-order valence-electron chi connectivity index (χ4n) is 1.26. The molecule has 0 fully saturated rings. The molecule has 0 unspecified atom stereocenters. The molecular weight excluding hydrogens is 236 g/mol. The van der Waals surface area contributed by atoms with Gasteiger partial charge in [0.25, 0.3) is 0 Å². The highest BCUT2D eigenvalue weighted by atomic mass is 35.5. The zero-order valence-electron chi connectivity index (χ0n) is 8.93. The Morgan fingerprint density at radius 2 is 2.00 bits per heavy atom. The summed E-state index contributed by atoms with van der Waals surface area (Å²) < 4.78 is 26.0. The van der Waals surface area contributed by atoms with E-state index in [9.17, 15) is 13.6 Å². The summed E-state index contributed by atoms with van der Waals surface area (Å²) in [6, 6.07) is 2.68. The molecule has 88 valence electrons. The first kappa shape index (κ1) is 12.9. The van der Waals surface area contributed by atoms with E-state index in [-0.39, 0.29) is 5.56 Å². The van der Waals surface area contributed by atoms with E-state index < -0.39 is 29.0 Å². The smallest absolute Gasteiger partial charge is 0.238 e. The molecule has 0 aliphatic rings. The van der Waals surface area contributed by atoms with Gasteiger partial charge >= 0.3 is 0 Å². The van der Waals surface area contributed by atoms with Crippen LogP contribution >= 0.6 is 11.6 Å². The average molecular weight is 248 g/mol. The van der Waals surface area contributed by atoms with E-state index >= 15 is 0 Å². The topological polar surface area (TPSA) is 29.1 Å². The van der Waals surface area contributed by atoms with E-state index in [2.05, 4.69) is 5.32 Å². The minimum Gasteiger partial charge on any atom is -0.348 e. The lowest BCUT2D eigenvalue weighted by Crippen LogP contribution is -2.32. The van der Waals surface area contributed by atoms with E-state index in [1.165, 1.54) is 13.0 Å². The first-order valence-electron chi connectivity index (χ1n) is 4.81. The molecule has 0 aliphatic carbocycles. The fourth-order valence-corrected chi connectivity index (χ4v) is 1.32. The predicted octanol–water partition coefficient (Wildman–Crippen LogP) is 2.77. The van der Waals surface area contributed by atoms with Crippen molar-refractivity contribution in [2.24, 2.45) is 0 Å². The van der Waals surface area contributed by atoms with Crippen LogP contribution < -0.4 is 5.32 Å². The van der Waals surface area contributed by atoms with Crippen LogP contribution in [0.5, 0.6) is 0 Å². The zero-order valence-corrected chi connectivity index (χ0v) is 9.68. The number of amides is 1. The van der Waals surface area contributed by atoms with E-state index in [0.717, 1.165) is 12.1 Å². The van der Waals surface area contributed by atoms with Crippen LogP contribution in [-0.2, 0) is 4.79 Å². The quantitative estimate of drug-likeness (QED) is 0.818. The van der Waals surface area contributed by atoms with Gasteiger partial charge in [0.05, 0.1) is 6.04 Å². The number of alkyl halides is 1.